The van der Waals surface area contributed by atoms with E-state index in [-0.39, 0.29) is 5.92 Å². The molecule has 0 radical (unpaired) electrons. The normalized spacial score (nSPS) is 32.3. The van der Waals surface area contributed by atoms with Gasteiger partial charge in [-0.05, 0) is 50.0 Å². The molecule has 2 aliphatic rings. The van der Waals surface area contributed by atoms with Crippen LogP contribution in [0.4, 0.5) is 0 Å². The molecule has 2 rings (SSSR count). The predicted molar refractivity (Wildman–Crippen MR) is 79.7 cm³/mol. The molecule has 2 saturated carbocycles. The minimum absolute atomic E-state index is 0.268. The lowest BCUT2D eigenvalue weighted by atomic mass is 9.66. The number of nitriles is 1. The van der Waals surface area contributed by atoms with E-state index in [4.69, 9.17) is 0 Å². The maximum absolute atomic E-state index is 9.48. The molecular weight excluding hydrogens is 232 g/mol. The molecule has 2 heteroatoms. The first-order chi connectivity index (χ1) is 9.03. The van der Waals surface area contributed by atoms with Crippen molar-refractivity contribution in [1.29, 1.82) is 5.26 Å². The van der Waals surface area contributed by atoms with Gasteiger partial charge in [0.15, 0.2) is 0 Å². The molecule has 0 N–H and O–H groups in total. The van der Waals surface area contributed by atoms with Crippen molar-refractivity contribution in [2.45, 2.75) is 78.3 Å². The van der Waals surface area contributed by atoms with Gasteiger partial charge in [-0.15, -0.1) is 0 Å². The van der Waals surface area contributed by atoms with Gasteiger partial charge < -0.3 is 0 Å². The van der Waals surface area contributed by atoms with Gasteiger partial charge in [-0.3, -0.25) is 4.90 Å². The van der Waals surface area contributed by atoms with Crippen LogP contribution in [0.2, 0.25) is 0 Å². The third-order valence-corrected chi connectivity index (χ3v) is 5.81. The summed E-state index contributed by atoms with van der Waals surface area (Å²) in [5, 5.41) is 9.48. The second kappa shape index (κ2) is 5.83. The van der Waals surface area contributed by atoms with Gasteiger partial charge in [-0.2, -0.15) is 5.26 Å². The lowest BCUT2D eigenvalue weighted by Gasteiger charge is -2.45. The van der Waals surface area contributed by atoms with Crippen molar-refractivity contribution >= 4 is 0 Å². The Balaban J connectivity index is 2.10. The Kier molecular flexibility index (Phi) is 4.56. The molecule has 2 aliphatic carbocycles. The fourth-order valence-corrected chi connectivity index (χ4v) is 3.83. The summed E-state index contributed by atoms with van der Waals surface area (Å²) >= 11 is 0. The first kappa shape index (κ1) is 14.9. The molecule has 0 heterocycles. The van der Waals surface area contributed by atoms with Gasteiger partial charge in [0, 0.05) is 12.1 Å². The van der Waals surface area contributed by atoms with Crippen molar-refractivity contribution in [3.63, 3.8) is 0 Å². The molecule has 2 fully saturated rings. The summed E-state index contributed by atoms with van der Waals surface area (Å²) in [4.78, 5) is 2.64. The van der Waals surface area contributed by atoms with Crippen LogP contribution in [-0.4, -0.2) is 23.5 Å². The summed E-state index contributed by atoms with van der Waals surface area (Å²) in [5.41, 5.74) is 0.432. The lowest BCUT2D eigenvalue weighted by molar-refractivity contribution is 0.0499. The molecule has 0 bridgehead atoms. The van der Waals surface area contributed by atoms with Crippen LogP contribution in [0.25, 0.3) is 0 Å². The third-order valence-electron chi connectivity index (χ3n) is 5.81. The zero-order valence-corrected chi connectivity index (χ0v) is 13.2. The van der Waals surface area contributed by atoms with E-state index in [2.05, 4.69) is 38.7 Å². The van der Waals surface area contributed by atoms with E-state index in [1.807, 2.05) is 0 Å². The Morgan fingerprint density at radius 1 is 1.16 bits per heavy atom. The largest absolute Gasteiger partial charge is 0.296 e. The maximum atomic E-state index is 9.48. The summed E-state index contributed by atoms with van der Waals surface area (Å²) in [5.74, 6) is 1.06. The summed E-state index contributed by atoms with van der Waals surface area (Å²) in [6.45, 7) is 10.5. The molecule has 108 valence electrons. The van der Waals surface area contributed by atoms with Crippen molar-refractivity contribution in [3.8, 4) is 6.07 Å². The van der Waals surface area contributed by atoms with E-state index in [0.717, 1.165) is 24.9 Å². The molecule has 3 atom stereocenters. The van der Waals surface area contributed by atoms with Gasteiger partial charge in [0.25, 0.3) is 0 Å². The van der Waals surface area contributed by atoms with Crippen LogP contribution in [-0.2, 0) is 0 Å². The van der Waals surface area contributed by atoms with Crippen LogP contribution >= 0.6 is 0 Å². The highest BCUT2D eigenvalue weighted by Crippen LogP contribution is 2.45. The van der Waals surface area contributed by atoms with E-state index < -0.39 is 0 Å². The molecule has 0 aromatic rings. The summed E-state index contributed by atoms with van der Waals surface area (Å²) in [7, 11) is 0. The summed E-state index contributed by atoms with van der Waals surface area (Å²) in [6.07, 6.45) is 7.55. The fourth-order valence-electron chi connectivity index (χ4n) is 3.83. The minimum Gasteiger partial charge on any atom is -0.296 e. The van der Waals surface area contributed by atoms with Crippen LogP contribution in [0, 0.1) is 28.6 Å². The number of hydrogen-bond donors (Lipinski definition) is 0. The third kappa shape index (κ3) is 3.14. The second-order valence-corrected chi connectivity index (χ2v) is 7.22. The topological polar surface area (TPSA) is 27.0 Å². The number of nitrogens with zero attached hydrogens (tertiary/aromatic N) is 2. The molecule has 3 unspecified atom stereocenters. The van der Waals surface area contributed by atoms with Gasteiger partial charge in [-0.1, -0.05) is 34.1 Å². The molecule has 0 saturated heterocycles. The molecule has 0 amide bonds. The molecule has 19 heavy (non-hydrogen) atoms. The van der Waals surface area contributed by atoms with E-state index in [1.165, 1.54) is 32.1 Å². The molecule has 0 aromatic carbocycles. The Bertz CT molecular complexity index is 338. The highest BCUT2D eigenvalue weighted by molar-refractivity contribution is 5.02. The smallest absolute Gasteiger partial charge is 0.0672 e. The monoisotopic (exact) mass is 262 g/mol. The van der Waals surface area contributed by atoms with Gasteiger partial charge in [0.2, 0.25) is 0 Å². The minimum atomic E-state index is 0.268. The van der Waals surface area contributed by atoms with Crippen molar-refractivity contribution < 1.29 is 0 Å². The molecule has 0 aliphatic heterocycles. The second-order valence-electron chi connectivity index (χ2n) is 7.22. The Morgan fingerprint density at radius 2 is 1.84 bits per heavy atom. The van der Waals surface area contributed by atoms with Gasteiger partial charge in [0.05, 0.1) is 12.0 Å². The summed E-state index contributed by atoms with van der Waals surface area (Å²) < 4.78 is 0. The van der Waals surface area contributed by atoms with Gasteiger partial charge in [0.1, 0.15) is 0 Å². The molecule has 0 spiro atoms. The van der Waals surface area contributed by atoms with E-state index in [9.17, 15) is 5.26 Å². The first-order valence-electron chi connectivity index (χ1n) is 8.18. The number of hydrogen-bond acceptors (Lipinski definition) is 2. The highest BCUT2D eigenvalue weighted by Gasteiger charge is 2.43. The Hall–Kier alpha value is -0.550. The SMILES string of the molecule is CCN(C1CC1)C1CC(C(C)(C)CC)CCC1C#N. The number of rotatable bonds is 5. The molecule has 2 nitrogen and oxygen atoms in total. The van der Waals surface area contributed by atoms with Crippen molar-refractivity contribution in [3.05, 3.63) is 0 Å². The van der Waals surface area contributed by atoms with Gasteiger partial charge >= 0.3 is 0 Å². The summed E-state index contributed by atoms with van der Waals surface area (Å²) in [6, 6.07) is 3.91. The van der Waals surface area contributed by atoms with E-state index >= 15 is 0 Å². The van der Waals surface area contributed by atoms with E-state index in [1.54, 1.807) is 0 Å². The molecular formula is C17H30N2. The van der Waals surface area contributed by atoms with Crippen molar-refractivity contribution in [2.75, 3.05) is 6.54 Å². The fraction of sp³-hybridized carbons (Fsp3) is 0.941. The van der Waals surface area contributed by atoms with Crippen LogP contribution in [0.1, 0.15) is 66.2 Å². The average Bonchev–Trinajstić information content (AvgIpc) is 3.24. The predicted octanol–water partition coefficient (Wildman–Crippen LogP) is 4.22. The average molecular weight is 262 g/mol. The highest BCUT2D eigenvalue weighted by atomic mass is 15.2. The van der Waals surface area contributed by atoms with Crippen LogP contribution < -0.4 is 0 Å². The zero-order chi connectivity index (χ0) is 14.0. The van der Waals surface area contributed by atoms with Crippen molar-refractivity contribution in [2.24, 2.45) is 17.3 Å². The quantitative estimate of drug-likeness (QED) is 0.742. The van der Waals surface area contributed by atoms with Gasteiger partial charge in [-0.25, -0.2) is 0 Å². The molecule has 0 aromatic heterocycles. The Morgan fingerprint density at radius 3 is 2.32 bits per heavy atom. The first-order valence-corrected chi connectivity index (χ1v) is 8.18. The van der Waals surface area contributed by atoms with Crippen LogP contribution in [0.15, 0.2) is 0 Å². The van der Waals surface area contributed by atoms with Crippen LogP contribution in [0.5, 0.6) is 0 Å². The lowest BCUT2D eigenvalue weighted by Crippen LogP contribution is -2.47. The van der Waals surface area contributed by atoms with Crippen LogP contribution in [0.3, 0.4) is 0 Å². The van der Waals surface area contributed by atoms with E-state index in [0.29, 0.717) is 11.5 Å². The zero-order valence-electron chi connectivity index (χ0n) is 13.2. The standard InChI is InChI=1S/C17H30N2/c1-5-17(3,4)14-8-7-13(12-18)16(11-14)19(6-2)15-9-10-15/h13-16H,5-11H2,1-4H3. The Labute approximate surface area is 119 Å². The maximum Gasteiger partial charge on any atom is 0.0672 e. The van der Waals surface area contributed by atoms with Crippen molar-refractivity contribution in [1.82, 2.24) is 4.90 Å².